The number of hydrazine groups is 1. The second-order valence-electron chi connectivity index (χ2n) is 5.05. The number of carbonyl (C=O) groups is 2. The van der Waals surface area contributed by atoms with Crippen LogP contribution < -0.4 is 5.43 Å². The normalized spacial score (nSPS) is 10.5. The third kappa shape index (κ3) is 7.21. The topological polar surface area (TPSA) is 67.9 Å². The van der Waals surface area contributed by atoms with Gasteiger partial charge >= 0.3 is 12.2 Å². The van der Waals surface area contributed by atoms with Crippen LogP contribution in [-0.4, -0.2) is 28.8 Å². The molecule has 7 heteroatoms. The zero-order valence-corrected chi connectivity index (χ0v) is 14.1. The predicted molar refractivity (Wildman–Crippen MR) is 85.9 cm³/mol. The minimum Gasteiger partial charge on any atom is -0.446 e. The molecule has 6 nitrogen and oxygen atoms in total. The van der Waals surface area contributed by atoms with Gasteiger partial charge in [-0.25, -0.2) is 15.0 Å². The van der Waals surface area contributed by atoms with Crippen LogP contribution in [0.5, 0.6) is 0 Å². The fraction of sp³-hybridized carbons (Fsp3) is 0.467. The summed E-state index contributed by atoms with van der Waals surface area (Å²) in [6.45, 7) is 6.94. The van der Waals surface area contributed by atoms with E-state index in [0.717, 1.165) is 21.9 Å². The van der Waals surface area contributed by atoms with Crippen LogP contribution >= 0.6 is 11.9 Å². The summed E-state index contributed by atoms with van der Waals surface area (Å²) in [5.41, 5.74) is 3.41. The van der Waals surface area contributed by atoms with Gasteiger partial charge in [-0.1, -0.05) is 30.3 Å². The number of ether oxygens (including phenoxy) is 2. The average molecular weight is 326 g/mol. The molecule has 0 fully saturated rings. The Morgan fingerprint density at radius 1 is 1.09 bits per heavy atom. The van der Waals surface area contributed by atoms with Crippen LogP contribution in [0.25, 0.3) is 0 Å². The van der Waals surface area contributed by atoms with Crippen LogP contribution in [0.2, 0.25) is 0 Å². The molecule has 0 saturated carbocycles. The van der Waals surface area contributed by atoms with Crippen LogP contribution in [0.15, 0.2) is 30.3 Å². The molecule has 0 aromatic heterocycles. The van der Waals surface area contributed by atoms with Gasteiger partial charge in [-0.3, -0.25) is 0 Å². The van der Waals surface area contributed by atoms with Crippen LogP contribution in [0.1, 0.15) is 33.3 Å². The molecule has 0 aliphatic rings. The van der Waals surface area contributed by atoms with Crippen molar-refractivity contribution in [3.63, 3.8) is 0 Å². The predicted octanol–water partition coefficient (Wildman–Crippen LogP) is 3.73. The van der Waals surface area contributed by atoms with Gasteiger partial charge in [0.2, 0.25) is 0 Å². The number of amides is 2. The highest BCUT2D eigenvalue weighted by atomic mass is 32.2. The summed E-state index contributed by atoms with van der Waals surface area (Å²) in [6, 6.07) is 9.61. The molecule has 0 spiro atoms. The molecule has 1 aromatic carbocycles. The first-order valence-corrected chi connectivity index (χ1v) is 7.97. The molecule has 0 unspecified atom stereocenters. The highest BCUT2D eigenvalue weighted by molar-refractivity contribution is 7.96. The van der Waals surface area contributed by atoms with Crippen molar-refractivity contribution in [1.82, 2.24) is 9.84 Å². The Morgan fingerprint density at radius 3 is 2.23 bits per heavy atom. The van der Waals surface area contributed by atoms with Crippen molar-refractivity contribution in [2.24, 2.45) is 0 Å². The largest absolute Gasteiger partial charge is 0.446 e. The van der Waals surface area contributed by atoms with E-state index in [-0.39, 0.29) is 12.2 Å². The van der Waals surface area contributed by atoms with Gasteiger partial charge in [-0.2, -0.15) is 4.41 Å². The molecule has 0 radical (unpaired) electrons. The molecular weight excluding hydrogens is 304 g/mol. The Morgan fingerprint density at radius 2 is 1.68 bits per heavy atom. The molecular formula is C15H22N2O4S. The number of hydrogen-bond acceptors (Lipinski definition) is 5. The summed E-state index contributed by atoms with van der Waals surface area (Å²) in [5, 5.41) is 0. The van der Waals surface area contributed by atoms with Crippen molar-refractivity contribution in [3.8, 4) is 0 Å². The van der Waals surface area contributed by atoms with Crippen molar-refractivity contribution in [3.05, 3.63) is 35.9 Å². The summed E-state index contributed by atoms with van der Waals surface area (Å²) in [4.78, 5) is 23.7. The summed E-state index contributed by atoms with van der Waals surface area (Å²) in [7, 11) is 0. The molecule has 1 N–H and O–H groups in total. The minimum atomic E-state index is -0.698. The smallest absolute Gasteiger partial charge is 0.439 e. The number of carbonyl (C=O) groups excluding carboxylic acids is 2. The molecule has 0 saturated heterocycles. The number of hydrogen-bond donors (Lipinski definition) is 1. The van der Waals surface area contributed by atoms with Crippen LogP contribution in [0.3, 0.4) is 0 Å². The van der Waals surface area contributed by atoms with Crippen molar-refractivity contribution < 1.29 is 19.1 Å². The van der Waals surface area contributed by atoms with Crippen molar-refractivity contribution >= 4 is 24.1 Å². The van der Waals surface area contributed by atoms with Crippen molar-refractivity contribution in [1.29, 1.82) is 0 Å². The van der Waals surface area contributed by atoms with Crippen LogP contribution in [-0.2, 0) is 15.2 Å². The minimum absolute atomic E-state index is 0.276. The van der Waals surface area contributed by atoms with E-state index >= 15 is 0 Å². The third-order valence-electron chi connectivity index (χ3n) is 2.24. The maximum absolute atomic E-state index is 12.0. The van der Waals surface area contributed by atoms with Gasteiger partial charge in [0.25, 0.3) is 0 Å². The molecule has 0 aliphatic carbocycles. The average Bonchev–Trinajstić information content (AvgIpc) is 2.42. The molecule has 1 aromatic rings. The van der Waals surface area contributed by atoms with Gasteiger partial charge in [0.05, 0.1) is 12.2 Å². The summed E-state index contributed by atoms with van der Waals surface area (Å²) in [6.07, 6.45) is -1.90. The van der Waals surface area contributed by atoms with Gasteiger partial charge in [0.1, 0.15) is 0 Å². The lowest BCUT2D eigenvalue weighted by molar-refractivity contribution is 0.0743. The van der Waals surface area contributed by atoms with E-state index in [1.165, 1.54) is 0 Å². The van der Waals surface area contributed by atoms with Gasteiger partial charge in [-0.15, -0.1) is 0 Å². The standard InChI is InChI=1S/C15H22N2O4S/c1-11(2)20-14(18)16-17(15(19)21-12(3)4)22-10-13-8-6-5-7-9-13/h5-9,11-12H,10H2,1-4H3,(H,16,18). The van der Waals surface area contributed by atoms with E-state index < -0.39 is 12.2 Å². The lowest BCUT2D eigenvalue weighted by atomic mass is 10.2. The second-order valence-corrected chi connectivity index (χ2v) is 5.96. The van der Waals surface area contributed by atoms with E-state index in [0.29, 0.717) is 5.75 Å². The van der Waals surface area contributed by atoms with Crippen LogP contribution in [0, 0.1) is 0 Å². The molecule has 122 valence electrons. The second kappa shape index (κ2) is 9.19. The monoisotopic (exact) mass is 326 g/mol. The van der Waals surface area contributed by atoms with E-state index in [4.69, 9.17) is 9.47 Å². The highest BCUT2D eigenvalue weighted by Gasteiger charge is 2.21. The SMILES string of the molecule is CC(C)OC(=O)NN(SCc1ccccc1)C(=O)OC(C)C. The fourth-order valence-corrected chi connectivity index (χ4v) is 2.17. The molecule has 2 amide bonds. The Bertz CT molecular complexity index is 480. The molecule has 22 heavy (non-hydrogen) atoms. The third-order valence-corrected chi connectivity index (χ3v) is 3.20. The first-order valence-electron chi connectivity index (χ1n) is 7.03. The van der Waals surface area contributed by atoms with Crippen molar-refractivity contribution in [2.75, 3.05) is 0 Å². The highest BCUT2D eigenvalue weighted by Crippen LogP contribution is 2.17. The number of nitrogens with one attached hydrogen (secondary N) is 1. The van der Waals surface area contributed by atoms with Gasteiger partial charge in [0, 0.05) is 5.75 Å². The summed E-state index contributed by atoms with van der Waals surface area (Å²) >= 11 is 1.13. The van der Waals surface area contributed by atoms with Gasteiger partial charge < -0.3 is 9.47 Å². The Kier molecular flexibility index (Phi) is 7.59. The lowest BCUT2D eigenvalue weighted by Crippen LogP contribution is -2.43. The van der Waals surface area contributed by atoms with E-state index in [1.54, 1.807) is 27.7 Å². The molecule has 0 heterocycles. The van der Waals surface area contributed by atoms with E-state index in [9.17, 15) is 9.59 Å². The molecule has 0 aliphatic heterocycles. The lowest BCUT2D eigenvalue weighted by Gasteiger charge is -2.22. The fourth-order valence-electron chi connectivity index (χ4n) is 1.42. The number of rotatable bonds is 5. The maximum atomic E-state index is 12.0. The van der Waals surface area contributed by atoms with Gasteiger partial charge in [0.15, 0.2) is 0 Å². The first-order chi connectivity index (χ1) is 10.4. The van der Waals surface area contributed by atoms with E-state index in [2.05, 4.69) is 5.43 Å². The Hall–Kier alpha value is -1.89. The van der Waals surface area contributed by atoms with Crippen molar-refractivity contribution in [2.45, 2.75) is 45.7 Å². The van der Waals surface area contributed by atoms with E-state index in [1.807, 2.05) is 30.3 Å². The Labute approximate surface area is 135 Å². The Balaban J connectivity index is 2.64. The summed E-state index contributed by atoms with van der Waals surface area (Å²) < 4.78 is 11.1. The van der Waals surface area contributed by atoms with Gasteiger partial charge in [-0.05, 0) is 45.2 Å². The zero-order chi connectivity index (χ0) is 16.5. The first kappa shape index (κ1) is 18.2. The maximum Gasteiger partial charge on any atom is 0.439 e. The molecule has 0 bridgehead atoms. The number of nitrogens with zero attached hydrogens (tertiary/aromatic N) is 1. The quantitative estimate of drug-likeness (QED) is 0.659. The molecule has 1 rings (SSSR count). The summed E-state index contributed by atoms with van der Waals surface area (Å²) in [5.74, 6) is 0.510. The number of benzene rings is 1. The zero-order valence-electron chi connectivity index (χ0n) is 13.2. The molecule has 0 atom stereocenters. The van der Waals surface area contributed by atoms with Crippen LogP contribution in [0.4, 0.5) is 9.59 Å².